The predicted molar refractivity (Wildman–Crippen MR) is 120 cm³/mol. The second kappa shape index (κ2) is 10.9. The number of nitriles is 1. The maximum Gasteiger partial charge on any atom is 0.269 e. The van der Waals surface area contributed by atoms with E-state index in [1.54, 1.807) is 21.9 Å². The molecule has 2 aromatic rings. The Morgan fingerprint density at radius 3 is 2.25 bits per heavy atom. The van der Waals surface area contributed by atoms with E-state index in [2.05, 4.69) is 11.0 Å². The van der Waals surface area contributed by atoms with E-state index in [9.17, 15) is 19.7 Å². The van der Waals surface area contributed by atoms with E-state index in [1.807, 2.05) is 30.3 Å². The van der Waals surface area contributed by atoms with Crippen LogP contribution in [0.2, 0.25) is 0 Å². The lowest BCUT2D eigenvalue weighted by atomic mass is 10.2. The molecule has 0 radical (unpaired) electrons. The highest BCUT2D eigenvalue weighted by atomic mass is 16.6. The van der Waals surface area contributed by atoms with Gasteiger partial charge in [0.1, 0.15) is 0 Å². The number of hydrogen-bond acceptors (Lipinski definition) is 6. The molecule has 0 saturated carbocycles. The molecule has 1 aliphatic heterocycles. The molecule has 0 spiro atoms. The van der Waals surface area contributed by atoms with Crippen molar-refractivity contribution < 1.29 is 14.5 Å². The van der Waals surface area contributed by atoms with Gasteiger partial charge in [-0.3, -0.25) is 19.7 Å². The van der Waals surface area contributed by atoms with Crippen LogP contribution in [0.1, 0.15) is 19.3 Å². The maximum atomic E-state index is 12.7. The molecule has 9 nitrogen and oxygen atoms in total. The maximum absolute atomic E-state index is 12.7. The fourth-order valence-electron chi connectivity index (χ4n) is 3.67. The number of nitro groups is 1. The molecule has 2 amide bonds. The topological polar surface area (TPSA) is 111 Å². The zero-order chi connectivity index (χ0) is 22.9. The van der Waals surface area contributed by atoms with Gasteiger partial charge in [0.05, 0.1) is 17.4 Å². The van der Waals surface area contributed by atoms with E-state index in [0.29, 0.717) is 32.7 Å². The van der Waals surface area contributed by atoms with Crippen molar-refractivity contribution >= 4 is 28.9 Å². The number of para-hydroxylation sites is 1. The van der Waals surface area contributed by atoms with Gasteiger partial charge in [0, 0.05) is 69.1 Å². The summed E-state index contributed by atoms with van der Waals surface area (Å²) in [4.78, 5) is 41.1. The van der Waals surface area contributed by atoms with Crippen LogP contribution in [-0.2, 0) is 9.59 Å². The average Bonchev–Trinajstić information content (AvgIpc) is 2.83. The van der Waals surface area contributed by atoms with Gasteiger partial charge in [-0.2, -0.15) is 5.26 Å². The van der Waals surface area contributed by atoms with Crippen molar-refractivity contribution in [3.05, 3.63) is 64.7 Å². The lowest BCUT2D eigenvalue weighted by molar-refractivity contribution is -0.384. The molecule has 0 aliphatic carbocycles. The fourth-order valence-corrected chi connectivity index (χ4v) is 3.67. The molecule has 0 N–H and O–H groups in total. The Hall–Kier alpha value is -3.93. The molecule has 0 atom stereocenters. The molecule has 2 aromatic carbocycles. The van der Waals surface area contributed by atoms with Crippen LogP contribution in [0.3, 0.4) is 0 Å². The van der Waals surface area contributed by atoms with Gasteiger partial charge in [0.25, 0.3) is 5.69 Å². The van der Waals surface area contributed by atoms with Crippen molar-refractivity contribution in [3.8, 4) is 6.07 Å². The van der Waals surface area contributed by atoms with Gasteiger partial charge in [-0.15, -0.1) is 0 Å². The third-order valence-corrected chi connectivity index (χ3v) is 5.43. The van der Waals surface area contributed by atoms with E-state index in [0.717, 1.165) is 11.4 Å². The normalized spacial score (nSPS) is 13.3. The van der Waals surface area contributed by atoms with Gasteiger partial charge in [-0.05, 0) is 24.3 Å². The molecule has 1 saturated heterocycles. The van der Waals surface area contributed by atoms with Gasteiger partial charge in [-0.1, -0.05) is 18.2 Å². The molecule has 1 fully saturated rings. The molecule has 3 rings (SSSR count). The molecule has 0 unspecified atom stereocenters. The molecule has 0 aromatic heterocycles. The molecule has 1 aliphatic rings. The van der Waals surface area contributed by atoms with Crippen LogP contribution in [0.5, 0.6) is 0 Å². The summed E-state index contributed by atoms with van der Waals surface area (Å²) in [6.07, 6.45) is 0.424. The van der Waals surface area contributed by atoms with Crippen LogP contribution in [0.4, 0.5) is 17.1 Å². The highest BCUT2D eigenvalue weighted by Crippen LogP contribution is 2.21. The van der Waals surface area contributed by atoms with Crippen LogP contribution in [-0.4, -0.2) is 54.4 Å². The fraction of sp³-hybridized carbons (Fsp3) is 0.348. The largest absolute Gasteiger partial charge is 0.368 e. The van der Waals surface area contributed by atoms with Gasteiger partial charge in [-0.25, -0.2) is 0 Å². The number of non-ortho nitro benzene ring substituents is 1. The Balaban J connectivity index is 1.50. The zero-order valence-electron chi connectivity index (χ0n) is 17.7. The Morgan fingerprint density at radius 2 is 1.66 bits per heavy atom. The third-order valence-electron chi connectivity index (χ3n) is 5.43. The summed E-state index contributed by atoms with van der Waals surface area (Å²) >= 11 is 0. The summed E-state index contributed by atoms with van der Waals surface area (Å²) in [6, 6.07) is 17.6. The summed E-state index contributed by atoms with van der Waals surface area (Å²) in [5.41, 5.74) is 1.65. The monoisotopic (exact) mass is 435 g/mol. The van der Waals surface area contributed by atoms with E-state index < -0.39 is 4.92 Å². The van der Waals surface area contributed by atoms with E-state index in [4.69, 9.17) is 5.26 Å². The van der Waals surface area contributed by atoms with Crippen molar-refractivity contribution in [1.82, 2.24) is 4.90 Å². The molecule has 9 heteroatoms. The van der Waals surface area contributed by atoms with Crippen molar-refractivity contribution in [1.29, 1.82) is 5.26 Å². The highest BCUT2D eigenvalue weighted by molar-refractivity contribution is 5.95. The SMILES string of the molecule is N#CCCN(C(=O)CCC(=O)N1CCN(c2ccc([N+](=O)[O-])cc2)CC1)c1ccccc1. The number of nitro benzene ring substituents is 1. The average molecular weight is 435 g/mol. The lowest BCUT2D eigenvalue weighted by Gasteiger charge is -2.36. The van der Waals surface area contributed by atoms with Crippen LogP contribution >= 0.6 is 0 Å². The first-order valence-electron chi connectivity index (χ1n) is 10.5. The summed E-state index contributed by atoms with van der Waals surface area (Å²) in [5, 5.41) is 19.7. The Morgan fingerprint density at radius 1 is 1.00 bits per heavy atom. The van der Waals surface area contributed by atoms with Gasteiger partial charge >= 0.3 is 0 Å². The Labute approximate surface area is 186 Å². The number of anilines is 2. The number of rotatable bonds is 8. The summed E-state index contributed by atoms with van der Waals surface area (Å²) < 4.78 is 0. The number of nitrogens with zero attached hydrogens (tertiary/aromatic N) is 5. The first-order valence-corrected chi connectivity index (χ1v) is 10.5. The number of carbonyl (C=O) groups is 2. The molecule has 1 heterocycles. The van der Waals surface area contributed by atoms with Crippen molar-refractivity contribution in [2.45, 2.75) is 19.3 Å². The molecular weight excluding hydrogens is 410 g/mol. The van der Waals surface area contributed by atoms with Crippen LogP contribution in [0.25, 0.3) is 0 Å². The number of carbonyl (C=O) groups excluding carboxylic acids is 2. The third kappa shape index (κ3) is 5.82. The summed E-state index contributed by atoms with van der Waals surface area (Å²) in [6.45, 7) is 2.59. The Bertz CT molecular complexity index is 980. The molecular formula is C23H25N5O4. The zero-order valence-corrected chi connectivity index (χ0v) is 17.7. The van der Waals surface area contributed by atoms with Gasteiger partial charge in [0.2, 0.25) is 11.8 Å². The second-order valence-electron chi connectivity index (χ2n) is 7.43. The molecule has 166 valence electrons. The Kier molecular flexibility index (Phi) is 7.75. The first-order chi connectivity index (χ1) is 15.5. The van der Waals surface area contributed by atoms with E-state index >= 15 is 0 Å². The van der Waals surface area contributed by atoms with Crippen LogP contribution < -0.4 is 9.80 Å². The first kappa shape index (κ1) is 22.7. The summed E-state index contributed by atoms with van der Waals surface area (Å²) in [5.74, 6) is -0.251. The van der Waals surface area contributed by atoms with Crippen molar-refractivity contribution in [3.63, 3.8) is 0 Å². The highest BCUT2D eigenvalue weighted by Gasteiger charge is 2.23. The van der Waals surface area contributed by atoms with Crippen molar-refractivity contribution in [2.24, 2.45) is 0 Å². The number of amides is 2. The van der Waals surface area contributed by atoms with E-state index in [1.165, 1.54) is 12.1 Å². The minimum atomic E-state index is -0.430. The van der Waals surface area contributed by atoms with Crippen LogP contribution in [0, 0.1) is 21.4 Å². The number of piperazine rings is 1. The quantitative estimate of drug-likeness (QED) is 0.466. The van der Waals surface area contributed by atoms with Gasteiger partial charge < -0.3 is 14.7 Å². The minimum Gasteiger partial charge on any atom is -0.368 e. The minimum absolute atomic E-state index is 0.0477. The lowest BCUT2D eigenvalue weighted by Crippen LogP contribution is -2.49. The van der Waals surface area contributed by atoms with Gasteiger partial charge in [0.15, 0.2) is 0 Å². The van der Waals surface area contributed by atoms with E-state index in [-0.39, 0.29) is 36.8 Å². The molecule has 0 bridgehead atoms. The second-order valence-corrected chi connectivity index (χ2v) is 7.43. The standard InChI is InChI=1S/C23H25N5O4/c24-13-4-14-27(20-5-2-1-3-6-20)23(30)12-11-22(29)26-17-15-25(16-18-26)19-7-9-21(10-8-19)28(31)32/h1-3,5-10H,4,11-12,14-18H2. The van der Waals surface area contributed by atoms with Crippen molar-refractivity contribution in [2.75, 3.05) is 42.5 Å². The smallest absolute Gasteiger partial charge is 0.269 e. The van der Waals surface area contributed by atoms with Crippen LogP contribution in [0.15, 0.2) is 54.6 Å². The number of benzene rings is 2. The number of hydrogen-bond donors (Lipinski definition) is 0. The predicted octanol–water partition coefficient (Wildman–Crippen LogP) is 2.97. The molecule has 32 heavy (non-hydrogen) atoms. The summed E-state index contributed by atoms with van der Waals surface area (Å²) in [7, 11) is 0.